The summed E-state index contributed by atoms with van der Waals surface area (Å²) < 4.78 is 0. The van der Waals surface area contributed by atoms with Crippen molar-refractivity contribution in [2.45, 2.75) is 6.54 Å². The average Bonchev–Trinajstić information content (AvgIpc) is 2.26. The van der Waals surface area contributed by atoms with Crippen molar-refractivity contribution in [2.24, 2.45) is 0 Å². The van der Waals surface area contributed by atoms with Crippen LogP contribution in [0.1, 0.15) is 5.69 Å². The van der Waals surface area contributed by atoms with Crippen LogP contribution in [0.2, 0.25) is 0 Å². The molecule has 5 heteroatoms. The van der Waals surface area contributed by atoms with Gasteiger partial charge in [0.25, 0.3) is 0 Å². The number of nitrogens with zero attached hydrogens (tertiary/aromatic N) is 2. The van der Waals surface area contributed by atoms with Crippen molar-refractivity contribution in [1.29, 1.82) is 0 Å². The zero-order chi connectivity index (χ0) is 11.3. The monoisotopic (exact) mass is 207 g/mol. The van der Waals surface area contributed by atoms with E-state index in [4.69, 9.17) is 0 Å². The summed E-state index contributed by atoms with van der Waals surface area (Å²) in [6.45, 7) is 0.263. The lowest BCUT2D eigenvalue weighted by molar-refractivity contribution is -0.144. The molecule has 0 saturated carbocycles. The van der Waals surface area contributed by atoms with E-state index >= 15 is 0 Å². The first-order valence-electron chi connectivity index (χ1n) is 4.50. The maximum Gasteiger partial charge on any atom is 0.311 e. The normalized spacial score (nSPS) is 9.47. The van der Waals surface area contributed by atoms with Crippen LogP contribution in [0.5, 0.6) is 0 Å². The smallest absolute Gasteiger partial charge is 0.311 e. The minimum absolute atomic E-state index is 0.263. The summed E-state index contributed by atoms with van der Waals surface area (Å²) in [5.41, 5.74) is 0.720. The lowest BCUT2D eigenvalue weighted by atomic mass is 10.3. The minimum Gasteiger partial charge on any atom is -0.342 e. The van der Waals surface area contributed by atoms with E-state index in [-0.39, 0.29) is 6.54 Å². The molecule has 1 rings (SSSR count). The number of pyridine rings is 1. The number of carbonyl (C=O) groups excluding carboxylic acids is 2. The van der Waals surface area contributed by atoms with E-state index in [9.17, 15) is 9.59 Å². The molecule has 15 heavy (non-hydrogen) atoms. The summed E-state index contributed by atoms with van der Waals surface area (Å²) in [5, 5.41) is 2.49. The van der Waals surface area contributed by atoms with Gasteiger partial charge in [-0.3, -0.25) is 14.6 Å². The number of hydrogen-bond donors (Lipinski definition) is 1. The molecule has 2 amide bonds. The van der Waals surface area contributed by atoms with Crippen molar-refractivity contribution >= 4 is 11.8 Å². The zero-order valence-corrected chi connectivity index (χ0v) is 8.73. The van der Waals surface area contributed by atoms with Gasteiger partial charge in [0.1, 0.15) is 0 Å². The van der Waals surface area contributed by atoms with Crippen LogP contribution in [0.15, 0.2) is 24.4 Å². The number of likely N-dealkylation sites (N-methyl/N-ethyl adjacent to an activating group) is 1. The predicted octanol–water partition coefficient (Wildman–Crippen LogP) is -0.214. The van der Waals surface area contributed by atoms with Crippen molar-refractivity contribution in [2.75, 3.05) is 14.1 Å². The number of aromatic nitrogens is 1. The van der Waals surface area contributed by atoms with Crippen molar-refractivity contribution in [3.8, 4) is 0 Å². The highest BCUT2D eigenvalue weighted by atomic mass is 16.2. The molecule has 0 unspecified atom stereocenters. The standard InChI is InChI=1S/C10H13N3O2/c1-13(2)10(15)9(14)12-7-8-5-3-4-6-11-8/h3-6H,7H2,1-2H3,(H,12,14). The zero-order valence-electron chi connectivity index (χ0n) is 8.73. The minimum atomic E-state index is -0.620. The third-order valence-electron chi connectivity index (χ3n) is 1.76. The van der Waals surface area contributed by atoms with E-state index in [0.29, 0.717) is 0 Å². The Morgan fingerprint density at radius 3 is 2.67 bits per heavy atom. The molecule has 1 aromatic rings. The Morgan fingerprint density at radius 1 is 1.40 bits per heavy atom. The van der Waals surface area contributed by atoms with Gasteiger partial charge in [-0.05, 0) is 12.1 Å². The Bertz CT molecular complexity index is 349. The second kappa shape index (κ2) is 5.09. The molecule has 0 aliphatic heterocycles. The molecule has 0 fully saturated rings. The molecule has 0 bridgehead atoms. The van der Waals surface area contributed by atoms with Crippen LogP contribution in [0.25, 0.3) is 0 Å². The first-order valence-corrected chi connectivity index (χ1v) is 4.50. The number of rotatable bonds is 2. The van der Waals surface area contributed by atoms with Crippen LogP contribution in [-0.4, -0.2) is 35.8 Å². The van der Waals surface area contributed by atoms with Crippen LogP contribution < -0.4 is 5.32 Å². The number of nitrogens with one attached hydrogen (secondary N) is 1. The van der Waals surface area contributed by atoms with E-state index in [1.54, 1.807) is 18.3 Å². The number of hydrogen-bond acceptors (Lipinski definition) is 3. The maximum atomic E-state index is 11.2. The van der Waals surface area contributed by atoms with Gasteiger partial charge in [0.2, 0.25) is 0 Å². The highest BCUT2D eigenvalue weighted by Gasteiger charge is 2.14. The molecule has 1 heterocycles. The maximum absolute atomic E-state index is 11.2. The van der Waals surface area contributed by atoms with Crippen LogP contribution in [0.4, 0.5) is 0 Å². The quantitative estimate of drug-likeness (QED) is 0.682. The van der Waals surface area contributed by atoms with E-state index in [1.807, 2.05) is 6.07 Å². The molecule has 1 aromatic heterocycles. The van der Waals surface area contributed by atoms with E-state index in [2.05, 4.69) is 10.3 Å². The summed E-state index contributed by atoms with van der Waals surface area (Å²) >= 11 is 0. The van der Waals surface area contributed by atoms with Gasteiger partial charge in [0.05, 0.1) is 12.2 Å². The fourth-order valence-electron chi connectivity index (χ4n) is 0.952. The Hall–Kier alpha value is -1.91. The fourth-order valence-corrected chi connectivity index (χ4v) is 0.952. The Labute approximate surface area is 88.1 Å². The molecular formula is C10H13N3O2. The van der Waals surface area contributed by atoms with Gasteiger partial charge < -0.3 is 10.2 Å². The van der Waals surface area contributed by atoms with Gasteiger partial charge in [-0.15, -0.1) is 0 Å². The van der Waals surface area contributed by atoms with E-state index < -0.39 is 11.8 Å². The molecule has 5 nitrogen and oxygen atoms in total. The third kappa shape index (κ3) is 3.38. The molecular weight excluding hydrogens is 194 g/mol. The number of amides is 2. The molecule has 0 radical (unpaired) electrons. The molecule has 0 aliphatic carbocycles. The van der Waals surface area contributed by atoms with Crippen LogP contribution in [0, 0.1) is 0 Å². The first-order chi connectivity index (χ1) is 7.11. The highest BCUT2D eigenvalue weighted by molar-refractivity contribution is 6.34. The van der Waals surface area contributed by atoms with Crippen molar-refractivity contribution in [3.63, 3.8) is 0 Å². The van der Waals surface area contributed by atoms with Crippen molar-refractivity contribution in [1.82, 2.24) is 15.2 Å². The summed E-state index contributed by atoms with van der Waals surface area (Å²) in [5.74, 6) is -1.18. The number of carbonyl (C=O) groups is 2. The Kier molecular flexibility index (Phi) is 3.79. The van der Waals surface area contributed by atoms with E-state index in [1.165, 1.54) is 19.0 Å². The largest absolute Gasteiger partial charge is 0.342 e. The van der Waals surface area contributed by atoms with Crippen LogP contribution in [0.3, 0.4) is 0 Å². The third-order valence-corrected chi connectivity index (χ3v) is 1.76. The molecule has 0 aliphatic rings. The van der Waals surface area contributed by atoms with Crippen molar-refractivity contribution in [3.05, 3.63) is 30.1 Å². The first kappa shape index (κ1) is 11.2. The van der Waals surface area contributed by atoms with Gasteiger partial charge >= 0.3 is 11.8 Å². The average molecular weight is 207 g/mol. The molecule has 80 valence electrons. The summed E-state index contributed by atoms with van der Waals surface area (Å²) in [6.07, 6.45) is 1.63. The summed E-state index contributed by atoms with van der Waals surface area (Å²) in [6, 6.07) is 5.39. The van der Waals surface area contributed by atoms with Crippen LogP contribution in [-0.2, 0) is 16.1 Å². The van der Waals surface area contributed by atoms with Gasteiger partial charge in [-0.25, -0.2) is 0 Å². The molecule has 0 atom stereocenters. The van der Waals surface area contributed by atoms with Gasteiger partial charge in [0.15, 0.2) is 0 Å². The highest BCUT2D eigenvalue weighted by Crippen LogP contribution is 1.92. The molecule has 0 saturated heterocycles. The second-order valence-corrected chi connectivity index (χ2v) is 3.20. The Morgan fingerprint density at radius 2 is 2.13 bits per heavy atom. The summed E-state index contributed by atoms with van der Waals surface area (Å²) in [4.78, 5) is 27.6. The SMILES string of the molecule is CN(C)C(=O)C(=O)NCc1ccccn1. The van der Waals surface area contributed by atoms with Gasteiger partial charge in [-0.1, -0.05) is 6.07 Å². The molecule has 0 aromatic carbocycles. The Balaban J connectivity index is 2.45. The van der Waals surface area contributed by atoms with Gasteiger partial charge in [-0.2, -0.15) is 0 Å². The lowest BCUT2D eigenvalue weighted by Gasteiger charge is -2.09. The summed E-state index contributed by atoms with van der Waals surface area (Å²) in [7, 11) is 3.06. The molecule has 1 N–H and O–H groups in total. The van der Waals surface area contributed by atoms with Gasteiger partial charge in [0, 0.05) is 20.3 Å². The van der Waals surface area contributed by atoms with Crippen LogP contribution >= 0.6 is 0 Å². The van der Waals surface area contributed by atoms with E-state index in [0.717, 1.165) is 5.69 Å². The predicted molar refractivity (Wildman–Crippen MR) is 54.8 cm³/mol. The second-order valence-electron chi connectivity index (χ2n) is 3.20. The lowest BCUT2D eigenvalue weighted by Crippen LogP contribution is -2.38. The topological polar surface area (TPSA) is 62.3 Å². The molecule has 0 spiro atoms. The fraction of sp³-hybridized carbons (Fsp3) is 0.300. The van der Waals surface area contributed by atoms with Crippen molar-refractivity contribution < 1.29 is 9.59 Å².